The Kier molecular flexibility index (Phi) is 4.16. The number of para-hydroxylation sites is 1. The fourth-order valence-electron chi connectivity index (χ4n) is 5.26. The molecule has 4 aromatic carbocycles. The van der Waals surface area contributed by atoms with Crippen molar-refractivity contribution in [1.82, 2.24) is 9.97 Å². The fourth-order valence-corrected chi connectivity index (χ4v) is 5.26. The largest absolute Gasteiger partial charge is 0.438 e. The molecule has 0 aliphatic heterocycles. The van der Waals surface area contributed by atoms with Crippen molar-refractivity contribution in [1.29, 1.82) is 0 Å². The summed E-state index contributed by atoms with van der Waals surface area (Å²) in [5.41, 5.74) is 4.78. The molecule has 0 saturated carbocycles. The third-order valence-corrected chi connectivity index (χ3v) is 6.94. The van der Waals surface area contributed by atoms with Crippen molar-refractivity contribution in [2.45, 2.75) is 0 Å². The van der Waals surface area contributed by atoms with Crippen LogP contribution in [0, 0.1) is 0 Å². The number of hydrogen-bond acceptors (Lipinski definition) is 5. The highest BCUT2D eigenvalue weighted by Gasteiger charge is 2.21. The van der Waals surface area contributed by atoms with Crippen LogP contribution in [-0.4, -0.2) is 9.97 Å². The standard InChI is InChI=1S/C32H19N3O2/c1-2-8-21-19-22(15-14-20(21)7-1)35(26-11-5-13-28-30(26)25-10-6-18-33-31(25)37-28)29-17-16-24-23-9-3-4-12-27(23)36-32(24)34-29/h1-19H. The molecular weight excluding hydrogens is 458 g/mol. The molecule has 0 saturated heterocycles. The summed E-state index contributed by atoms with van der Waals surface area (Å²) in [6.07, 6.45) is 1.75. The van der Waals surface area contributed by atoms with E-state index in [2.05, 4.69) is 76.6 Å². The first kappa shape index (κ1) is 20.1. The number of nitrogens with zero attached hydrogens (tertiary/aromatic N) is 3. The van der Waals surface area contributed by atoms with Crippen LogP contribution in [0.5, 0.6) is 0 Å². The molecule has 37 heavy (non-hydrogen) atoms. The smallest absolute Gasteiger partial charge is 0.229 e. The van der Waals surface area contributed by atoms with E-state index in [1.54, 1.807) is 6.20 Å². The molecule has 4 aromatic heterocycles. The van der Waals surface area contributed by atoms with Gasteiger partial charge in [-0.2, -0.15) is 4.98 Å². The van der Waals surface area contributed by atoms with E-state index >= 15 is 0 Å². The Morgan fingerprint density at radius 3 is 2.35 bits per heavy atom. The number of anilines is 3. The molecule has 0 bridgehead atoms. The lowest BCUT2D eigenvalue weighted by Crippen LogP contribution is -2.12. The Morgan fingerprint density at radius 2 is 1.38 bits per heavy atom. The number of furan rings is 2. The minimum atomic E-state index is 0.607. The number of rotatable bonds is 3. The van der Waals surface area contributed by atoms with Crippen molar-refractivity contribution in [3.05, 3.63) is 115 Å². The SMILES string of the molecule is c1ccc2cc(N(c3ccc4c(n3)oc3ccccc34)c3cccc4oc5ncccc5c34)ccc2c1. The fraction of sp³-hybridized carbons (Fsp3) is 0. The number of aromatic nitrogens is 2. The summed E-state index contributed by atoms with van der Waals surface area (Å²) < 4.78 is 12.3. The lowest BCUT2D eigenvalue weighted by molar-refractivity contribution is 0.654. The zero-order valence-corrected chi connectivity index (χ0v) is 19.6. The normalized spacial score (nSPS) is 11.8. The summed E-state index contributed by atoms with van der Waals surface area (Å²) in [5, 5.41) is 6.34. The van der Waals surface area contributed by atoms with Gasteiger partial charge in [0, 0.05) is 22.7 Å². The zero-order valence-electron chi connectivity index (χ0n) is 19.6. The molecule has 0 fully saturated rings. The van der Waals surface area contributed by atoms with Crippen LogP contribution in [0.25, 0.3) is 54.9 Å². The topological polar surface area (TPSA) is 55.3 Å². The third kappa shape index (κ3) is 3.04. The Bertz CT molecular complexity index is 2120. The summed E-state index contributed by atoms with van der Waals surface area (Å²) >= 11 is 0. The maximum atomic E-state index is 6.16. The quantitative estimate of drug-likeness (QED) is 0.254. The predicted octanol–water partition coefficient (Wildman–Crippen LogP) is 8.90. The maximum absolute atomic E-state index is 6.16. The van der Waals surface area contributed by atoms with Crippen LogP contribution < -0.4 is 4.90 Å². The van der Waals surface area contributed by atoms with Gasteiger partial charge in [0.2, 0.25) is 11.4 Å². The van der Waals surface area contributed by atoms with Crippen LogP contribution >= 0.6 is 0 Å². The van der Waals surface area contributed by atoms with Gasteiger partial charge in [0.05, 0.1) is 16.5 Å². The monoisotopic (exact) mass is 477 g/mol. The number of hydrogen-bond donors (Lipinski definition) is 0. The van der Waals surface area contributed by atoms with E-state index in [0.29, 0.717) is 11.4 Å². The molecule has 0 N–H and O–H groups in total. The summed E-state index contributed by atoms with van der Waals surface area (Å²) in [6.45, 7) is 0. The van der Waals surface area contributed by atoms with E-state index in [1.807, 2.05) is 42.5 Å². The minimum Gasteiger partial charge on any atom is -0.438 e. The Morgan fingerprint density at radius 1 is 0.568 bits per heavy atom. The molecular formula is C32H19N3O2. The van der Waals surface area contributed by atoms with Crippen molar-refractivity contribution in [3.8, 4) is 0 Å². The second-order valence-electron chi connectivity index (χ2n) is 9.10. The van der Waals surface area contributed by atoms with Crippen molar-refractivity contribution in [3.63, 3.8) is 0 Å². The highest BCUT2D eigenvalue weighted by molar-refractivity contribution is 6.13. The van der Waals surface area contributed by atoms with Gasteiger partial charge in [-0.1, -0.05) is 54.6 Å². The second-order valence-corrected chi connectivity index (χ2v) is 9.10. The third-order valence-electron chi connectivity index (χ3n) is 6.94. The highest BCUT2D eigenvalue weighted by Crippen LogP contribution is 2.43. The van der Waals surface area contributed by atoms with E-state index in [0.717, 1.165) is 55.3 Å². The van der Waals surface area contributed by atoms with E-state index in [-0.39, 0.29) is 0 Å². The molecule has 0 unspecified atom stereocenters. The van der Waals surface area contributed by atoms with Crippen LogP contribution in [0.3, 0.4) is 0 Å². The van der Waals surface area contributed by atoms with Crippen molar-refractivity contribution < 1.29 is 8.83 Å². The first-order valence-electron chi connectivity index (χ1n) is 12.2. The Balaban J connectivity index is 1.44. The van der Waals surface area contributed by atoms with Crippen molar-refractivity contribution in [2.24, 2.45) is 0 Å². The van der Waals surface area contributed by atoms with Gasteiger partial charge < -0.3 is 8.83 Å². The van der Waals surface area contributed by atoms with Gasteiger partial charge in [-0.05, 0) is 65.4 Å². The molecule has 5 heteroatoms. The average molecular weight is 478 g/mol. The van der Waals surface area contributed by atoms with Crippen LogP contribution in [0.15, 0.2) is 124 Å². The van der Waals surface area contributed by atoms with Gasteiger partial charge in [0.1, 0.15) is 17.0 Å². The van der Waals surface area contributed by atoms with Crippen LogP contribution in [0.1, 0.15) is 0 Å². The molecule has 0 amide bonds. The van der Waals surface area contributed by atoms with Gasteiger partial charge in [0.25, 0.3) is 0 Å². The first-order valence-corrected chi connectivity index (χ1v) is 12.2. The maximum Gasteiger partial charge on any atom is 0.229 e. The van der Waals surface area contributed by atoms with Crippen molar-refractivity contribution in [2.75, 3.05) is 4.90 Å². The van der Waals surface area contributed by atoms with Crippen molar-refractivity contribution >= 4 is 72.1 Å². The second kappa shape index (κ2) is 7.67. The molecule has 4 heterocycles. The Labute approximate surface area is 211 Å². The molecule has 8 rings (SSSR count). The van der Waals surface area contributed by atoms with Crippen LogP contribution in [-0.2, 0) is 0 Å². The molecule has 8 aromatic rings. The molecule has 0 aliphatic carbocycles. The van der Waals surface area contributed by atoms with Crippen LogP contribution in [0.2, 0.25) is 0 Å². The number of pyridine rings is 2. The number of benzene rings is 4. The highest BCUT2D eigenvalue weighted by atomic mass is 16.3. The number of fused-ring (bicyclic) bond motifs is 7. The predicted molar refractivity (Wildman–Crippen MR) is 149 cm³/mol. The minimum absolute atomic E-state index is 0.607. The first-order chi connectivity index (χ1) is 18.3. The molecule has 0 aliphatic rings. The molecule has 0 radical (unpaired) electrons. The molecule has 5 nitrogen and oxygen atoms in total. The van der Waals surface area contributed by atoms with E-state index in [9.17, 15) is 0 Å². The summed E-state index contributed by atoms with van der Waals surface area (Å²) in [5.74, 6) is 0.757. The lowest BCUT2D eigenvalue weighted by Gasteiger charge is -2.25. The lowest BCUT2D eigenvalue weighted by atomic mass is 10.1. The van der Waals surface area contributed by atoms with Gasteiger partial charge in [0.15, 0.2) is 0 Å². The molecule has 0 atom stereocenters. The molecule has 174 valence electrons. The zero-order chi connectivity index (χ0) is 24.3. The van der Waals surface area contributed by atoms with E-state index in [1.165, 1.54) is 5.39 Å². The van der Waals surface area contributed by atoms with Crippen LogP contribution in [0.4, 0.5) is 17.2 Å². The van der Waals surface area contributed by atoms with E-state index in [4.69, 9.17) is 13.8 Å². The van der Waals surface area contributed by atoms with E-state index < -0.39 is 0 Å². The average Bonchev–Trinajstić information content (AvgIpc) is 3.51. The summed E-state index contributed by atoms with van der Waals surface area (Å²) in [7, 11) is 0. The molecule has 0 spiro atoms. The van der Waals surface area contributed by atoms with Gasteiger partial charge in [-0.3, -0.25) is 4.90 Å². The van der Waals surface area contributed by atoms with Gasteiger partial charge >= 0.3 is 0 Å². The summed E-state index contributed by atoms with van der Waals surface area (Å²) in [6, 6.07) is 37.1. The van der Waals surface area contributed by atoms with Gasteiger partial charge in [-0.15, -0.1) is 0 Å². The summed E-state index contributed by atoms with van der Waals surface area (Å²) in [4.78, 5) is 11.7. The Hall–Kier alpha value is -5.16. The van der Waals surface area contributed by atoms with Gasteiger partial charge in [-0.25, -0.2) is 4.98 Å².